The summed E-state index contributed by atoms with van der Waals surface area (Å²) in [5, 5.41) is 10.1. The zero-order valence-electron chi connectivity index (χ0n) is 15.4. The van der Waals surface area contributed by atoms with Gasteiger partial charge in [-0.15, -0.1) is 0 Å². The van der Waals surface area contributed by atoms with E-state index in [1.807, 2.05) is 13.8 Å². The van der Waals surface area contributed by atoms with Crippen molar-refractivity contribution in [2.75, 3.05) is 25.0 Å². The molecule has 0 saturated carbocycles. The van der Waals surface area contributed by atoms with Gasteiger partial charge in [0.2, 0.25) is 10.0 Å². The molecule has 1 fully saturated rings. The second-order valence-corrected chi connectivity index (χ2v) is 8.52. The Balaban J connectivity index is 1.76. The number of carbonyl (C=O) groups is 1. The van der Waals surface area contributed by atoms with Gasteiger partial charge in [-0.3, -0.25) is 4.79 Å². The van der Waals surface area contributed by atoms with Gasteiger partial charge in [-0.1, -0.05) is 17.3 Å². The summed E-state index contributed by atoms with van der Waals surface area (Å²) in [6.45, 7) is 5.88. The number of morpholine rings is 1. The summed E-state index contributed by atoms with van der Waals surface area (Å²) in [5.41, 5.74) is 0.835. The average Bonchev–Trinajstić information content (AvgIpc) is 3.04. The van der Waals surface area contributed by atoms with Crippen LogP contribution in [0.3, 0.4) is 0 Å². The number of nitrogens with zero attached hydrogens (tertiary/aromatic N) is 3. The molecule has 1 aliphatic rings. The molecule has 2 atom stereocenters. The maximum absolute atomic E-state index is 13.0. The Bertz CT molecular complexity index is 917. The number of rotatable bonds is 6. The van der Waals surface area contributed by atoms with E-state index in [0.29, 0.717) is 17.1 Å². The zero-order valence-corrected chi connectivity index (χ0v) is 16.2. The van der Waals surface area contributed by atoms with Crippen LogP contribution in [0.5, 0.6) is 0 Å². The summed E-state index contributed by atoms with van der Waals surface area (Å²) in [6.07, 6.45) is -0.367. The third kappa shape index (κ3) is 4.34. The predicted octanol–water partition coefficient (Wildman–Crippen LogP) is 1.47. The smallest absolute Gasteiger partial charge is 0.243 e. The van der Waals surface area contributed by atoms with E-state index in [1.54, 1.807) is 19.1 Å². The van der Waals surface area contributed by atoms with Crippen molar-refractivity contribution in [1.82, 2.24) is 14.6 Å². The third-order valence-corrected chi connectivity index (χ3v) is 6.08. The Morgan fingerprint density at radius 2 is 1.96 bits per heavy atom. The zero-order chi connectivity index (χ0) is 19.6. The highest BCUT2D eigenvalue weighted by Gasteiger charge is 2.32. The van der Waals surface area contributed by atoms with Crippen LogP contribution in [0.15, 0.2) is 33.8 Å². The Morgan fingerprint density at radius 1 is 1.26 bits per heavy atom. The number of hydrogen-bond acceptors (Lipinski definition) is 8. The molecule has 9 nitrogen and oxygen atoms in total. The number of benzene rings is 1. The third-order valence-electron chi connectivity index (χ3n) is 4.25. The first-order valence-corrected chi connectivity index (χ1v) is 10.0. The molecule has 0 radical (unpaired) electrons. The SMILES string of the molecule is Cc1nonc1NCC(=O)c1cccc(S(=O)(=O)N2CC(C)OC(C)C2)c1. The lowest BCUT2D eigenvalue weighted by Gasteiger charge is -2.34. The molecule has 1 saturated heterocycles. The molecule has 27 heavy (non-hydrogen) atoms. The maximum Gasteiger partial charge on any atom is 0.243 e. The number of aryl methyl sites for hydroxylation is 1. The first-order valence-electron chi connectivity index (χ1n) is 8.59. The number of ketones is 1. The highest BCUT2D eigenvalue weighted by Crippen LogP contribution is 2.22. The molecule has 10 heteroatoms. The molecular formula is C17H22N4O5S. The minimum absolute atomic E-state index is 0.0514. The van der Waals surface area contributed by atoms with Crippen molar-refractivity contribution in [2.24, 2.45) is 0 Å². The number of carbonyl (C=O) groups excluding carboxylic acids is 1. The fourth-order valence-corrected chi connectivity index (χ4v) is 4.60. The first kappa shape index (κ1) is 19.5. The van der Waals surface area contributed by atoms with Gasteiger partial charge in [-0.25, -0.2) is 13.0 Å². The van der Waals surface area contributed by atoms with Crippen molar-refractivity contribution < 1.29 is 22.6 Å². The molecule has 1 aromatic heterocycles. The second-order valence-electron chi connectivity index (χ2n) is 6.58. The Hall–Kier alpha value is -2.30. The summed E-state index contributed by atoms with van der Waals surface area (Å²) < 4.78 is 37.5. The molecule has 2 heterocycles. The quantitative estimate of drug-likeness (QED) is 0.733. The van der Waals surface area contributed by atoms with Crippen molar-refractivity contribution in [3.05, 3.63) is 35.5 Å². The summed E-state index contributed by atoms with van der Waals surface area (Å²) in [7, 11) is -3.71. The summed E-state index contributed by atoms with van der Waals surface area (Å²) in [5.74, 6) is 0.113. The van der Waals surface area contributed by atoms with Crippen LogP contribution in [-0.4, -0.2) is 60.7 Å². The van der Waals surface area contributed by atoms with E-state index in [9.17, 15) is 13.2 Å². The molecule has 0 aliphatic carbocycles. The fraction of sp³-hybridized carbons (Fsp3) is 0.471. The molecule has 146 valence electrons. The fourth-order valence-electron chi connectivity index (χ4n) is 2.96. The molecule has 3 rings (SSSR count). The normalized spacial score (nSPS) is 21.1. The van der Waals surface area contributed by atoms with E-state index in [4.69, 9.17) is 4.74 Å². The molecular weight excluding hydrogens is 372 g/mol. The standard InChI is InChI=1S/C17H22N4O5S/c1-11-9-21(10-12(2)25-11)27(23,24)15-6-4-5-14(7-15)16(22)8-18-17-13(3)19-26-20-17/h4-7,11-12H,8-10H2,1-3H3,(H,18,20). The Kier molecular flexibility index (Phi) is 5.59. The van der Waals surface area contributed by atoms with Crippen molar-refractivity contribution >= 4 is 21.6 Å². The molecule has 0 spiro atoms. The van der Waals surface area contributed by atoms with Crippen LogP contribution in [0.2, 0.25) is 0 Å². The van der Waals surface area contributed by atoms with Gasteiger partial charge in [0.05, 0.1) is 23.6 Å². The molecule has 1 aromatic carbocycles. The average molecular weight is 394 g/mol. The van der Waals surface area contributed by atoms with Crippen molar-refractivity contribution in [2.45, 2.75) is 37.9 Å². The van der Waals surface area contributed by atoms with Crippen LogP contribution in [0, 0.1) is 6.92 Å². The number of hydrogen-bond donors (Lipinski definition) is 1. The second kappa shape index (κ2) is 7.75. The first-order chi connectivity index (χ1) is 12.8. The Morgan fingerprint density at radius 3 is 2.59 bits per heavy atom. The highest BCUT2D eigenvalue weighted by atomic mass is 32.2. The number of sulfonamides is 1. The van der Waals surface area contributed by atoms with Gasteiger partial charge in [0.25, 0.3) is 0 Å². The number of anilines is 1. The van der Waals surface area contributed by atoms with E-state index >= 15 is 0 Å². The monoisotopic (exact) mass is 394 g/mol. The van der Waals surface area contributed by atoms with Crippen molar-refractivity contribution in [3.8, 4) is 0 Å². The molecule has 1 aliphatic heterocycles. The topological polar surface area (TPSA) is 115 Å². The lowest BCUT2D eigenvalue weighted by atomic mass is 10.1. The van der Waals surface area contributed by atoms with E-state index < -0.39 is 10.0 Å². The van der Waals surface area contributed by atoms with Gasteiger partial charge in [0.15, 0.2) is 11.6 Å². The summed E-state index contributed by atoms with van der Waals surface area (Å²) in [4.78, 5) is 12.5. The van der Waals surface area contributed by atoms with Gasteiger partial charge < -0.3 is 10.1 Å². The van der Waals surface area contributed by atoms with Gasteiger partial charge in [0, 0.05) is 18.7 Å². The van der Waals surface area contributed by atoms with E-state index in [-0.39, 0.29) is 42.5 Å². The molecule has 2 aromatic rings. The van der Waals surface area contributed by atoms with Crippen LogP contribution in [0.1, 0.15) is 29.9 Å². The minimum Gasteiger partial charge on any atom is -0.373 e. The number of nitrogens with one attached hydrogen (secondary N) is 1. The van der Waals surface area contributed by atoms with Gasteiger partial charge in [-0.05, 0) is 38.1 Å². The molecule has 0 bridgehead atoms. The van der Waals surface area contributed by atoms with Crippen LogP contribution >= 0.6 is 0 Å². The largest absolute Gasteiger partial charge is 0.373 e. The summed E-state index contributed by atoms with van der Waals surface area (Å²) >= 11 is 0. The van der Waals surface area contributed by atoms with Crippen LogP contribution in [0.4, 0.5) is 5.82 Å². The van der Waals surface area contributed by atoms with Gasteiger partial charge in [0.1, 0.15) is 5.69 Å². The van der Waals surface area contributed by atoms with E-state index in [1.165, 1.54) is 16.4 Å². The van der Waals surface area contributed by atoms with E-state index in [0.717, 1.165) is 0 Å². The lowest BCUT2D eigenvalue weighted by Crippen LogP contribution is -2.48. The number of ether oxygens (including phenoxy) is 1. The molecule has 2 unspecified atom stereocenters. The van der Waals surface area contributed by atoms with Gasteiger partial charge >= 0.3 is 0 Å². The van der Waals surface area contributed by atoms with Crippen molar-refractivity contribution in [1.29, 1.82) is 0 Å². The number of Topliss-reactive ketones (excluding diaryl/α,β-unsaturated/α-hetero) is 1. The Labute approximate surface area is 157 Å². The maximum atomic E-state index is 13.0. The van der Waals surface area contributed by atoms with Gasteiger partial charge in [-0.2, -0.15) is 4.31 Å². The van der Waals surface area contributed by atoms with Crippen LogP contribution in [0.25, 0.3) is 0 Å². The minimum atomic E-state index is -3.71. The predicted molar refractivity (Wildman–Crippen MR) is 97.1 cm³/mol. The van der Waals surface area contributed by atoms with Crippen LogP contribution in [-0.2, 0) is 14.8 Å². The highest BCUT2D eigenvalue weighted by molar-refractivity contribution is 7.89. The molecule has 0 amide bonds. The lowest BCUT2D eigenvalue weighted by molar-refractivity contribution is -0.0440. The molecule has 1 N–H and O–H groups in total. The van der Waals surface area contributed by atoms with Crippen molar-refractivity contribution in [3.63, 3.8) is 0 Å². The summed E-state index contributed by atoms with van der Waals surface area (Å²) in [6, 6.07) is 6.05. The van der Waals surface area contributed by atoms with E-state index in [2.05, 4.69) is 20.3 Å². The number of aromatic nitrogens is 2. The van der Waals surface area contributed by atoms with Crippen LogP contribution < -0.4 is 5.32 Å².